The van der Waals surface area contributed by atoms with Crippen LogP contribution in [0.5, 0.6) is 0 Å². The first kappa shape index (κ1) is 23.0. The van der Waals surface area contributed by atoms with Gasteiger partial charge in [0.25, 0.3) is 0 Å². The van der Waals surface area contributed by atoms with Gasteiger partial charge in [0.15, 0.2) is 0 Å². The lowest BCUT2D eigenvalue weighted by Gasteiger charge is -2.03. The third kappa shape index (κ3) is 22.2. The molecule has 0 atom stereocenters. The van der Waals surface area contributed by atoms with Gasteiger partial charge in [0.05, 0.1) is 0 Å². The highest BCUT2D eigenvalue weighted by molar-refractivity contribution is 4.65. The second-order valence-electron chi connectivity index (χ2n) is 6.38. The minimum absolute atomic E-state index is 0. The van der Waals surface area contributed by atoms with Crippen LogP contribution in [0.25, 0.3) is 0 Å². The number of hydrogen-bond acceptors (Lipinski definition) is 0. The molecule has 0 aromatic rings. The molecule has 0 nitrogen and oxygen atoms in total. The lowest BCUT2D eigenvalue weighted by molar-refractivity contribution is 0.530. The van der Waals surface area contributed by atoms with Gasteiger partial charge < -0.3 is 0 Å². The molecule has 0 fully saturated rings. The molecular formula is C21H44. The highest BCUT2D eigenvalue weighted by Crippen LogP contribution is 2.13. The van der Waals surface area contributed by atoms with Crippen molar-refractivity contribution in [3.8, 4) is 0 Å². The van der Waals surface area contributed by atoms with Crippen molar-refractivity contribution in [3.05, 3.63) is 12.7 Å². The fourth-order valence-corrected chi connectivity index (χ4v) is 2.84. The van der Waals surface area contributed by atoms with Crippen molar-refractivity contribution in [2.75, 3.05) is 0 Å². The van der Waals surface area contributed by atoms with Gasteiger partial charge >= 0.3 is 0 Å². The Balaban J connectivity index is 0. The lowest BCUT2D eigenvalue weighted by atomic mass is 10.0. The Morgan fingerprint density at radius 3 is 1.10 bits per heavy atom. The van der Waals surface area contributed by atoms with Crippen molar-refractivity contribution < 1.29 is 0 Å². The van der Waals surface area contributed by atoms with E-state index in [0.717, 1.165) is 0 Å². The van der Waals surface area contributed by atoms with Gasteiger partial charge in [-0.15, -0.1) is 6.58 Å². The summed E-state index contributed by atoms with van der Waals surface area (Å²) >= 11 is 0. The summed E-state index contributed by atoms with van der Waals surface area (Å²) in [4.78, 5) is 0. The quantitative estimate of drug-likeness (QED) is 0.186. The number of unbranched alkanes of at least 4 members (excludes halogenated alkanes) is 16. The van der Waals surface area contributed by atoms with Crippen molar-refractivity contribution in [3.63, 3.8) is 0 Å². The summed E-state index contributed by atoms with van der Waals surface area (Å²) in [5.41, 5.74) is 0. The predicted molar refractivity (Wildman–Crippen MR) is 101 cm³/mol. The Morgan fingerprint density at radius 1 is 0.524 bits per heavy atom. The molecule has 128 valence electrons. The summed E-state index contributed by atoms with van der Waals surface area (Å²) in [6.07, 6.45) is 26.4. The van der Waals surface area contributed by atoms with Crippen molar-refractivity contribution in [1.82, 2.24) is 0 Å². The van der Waals surface area contributed by atoms with Crippen LogP contribution in [0.3, 0.4) is 0 Å². The maximum atomic E-state index is 3.77. The van der Waals surface area contributed by atoms with Gasteiger partial charge in [-0.25, -0.2) is 0 Å². The van der Waals surface area contributed by atoms with E-state index in [2.05, 4.69) is 13.5 Å². The van der Waals surface area contributed by atoms with E-state index < -0.39 is 0 Å². The second kappa shape index (κ2) is 22.0. The molecule has 0 aliphatic carbocycles. The topological polar surface area (TPSA) is 0 Å². The van der Waals surface area contributed by atoms with Crippen LogP contribution in [0.1, 0.15) is 124 Å². The fourth-order valence-electron chi connectivity index (χ4n) is 2.84. The molecule has 0 heteroatoms. The van der Waals surface area contributed by atoms with Crippen LogP contribution in [-0.4, -0.2) is 0 Å². The average molecular weight is 297 g/mol. The number of hydrogen-bond donors (Lipinski definition) is 0. The monoisotopic (exact) mass is 296 g/mol. The first-order valence-electron chi connectivity index (χ1n) is 9.52. The van der Waals surface area contributed by atoms with E-state index in [9.17, 15) is 0 Å². The van der Waals surface area contributed by atoms with E-state index in [0.29, 0.717) is 0 Å². The predicted octanol–water partition coefficient (Wildman–Crippen LogP) is 8.46. The molecule has 0 saturated heterocycles. The summed E-state index contributed by atoms with van der Waals surface area (Å²) in [5.74, 6) is 0. The average Bonchev–Trinajstić information content (AvgIpc) is 2.47. The van der Waals surface area contributed by atoms with Crippen molar-refractivity contribution in [2.24, 2.45) is 0 Å². The first-order chi connectivity index (χ1) is 9.91. The normalized spacial score (nSPS) is 10.3. The minimum Gasteiger partial charge on any atom is -0.103 e. The molecule has 0 amide bonds. The Kier molecular flexibility index (Phi) is 24.1. The third-order valence-electron chi connectivity index (χ3n) is 4.26. The fraction of sp³-hybridized carbons (Fsp3) is 0.905. The standard InChI is InChI=1S/C20H40.CH4/c1-3-5-7-9-11-13-15-17-19-20-18-16-14-12-10-8-6-4-2;/h3H,1,4-20H2,2H3;1H4. The highest BCUT2D eigenvalue weighted by Gasteiger charge is 1.94. The van der Waals surface area contributed by atoms with E-state index >= 15 is 0 Å². The van der Waals surface area contributed by atoms with Gasteiger partial charge in [-0.2, -0.15) is 0 Å². The van der Waals surface area contributed by atoms with Crippen LogP contribution in [0.2, 0.25) is 0 Å². The Labute approximate surface area is 136 Å². The summed E-state index contributed by atoms with van der Waals surface area (Å²) in [5, 5.41) is 0. The highest BCUT2D eigenvalue weighted by atomic mass is 14.0. The van der Waals surface area contributed by atoms with Gasteiger partial charge in [0, 0.05) is 0 Å². The first-order valence-corrected chi connectivity index (χ1v) is 9.52. The van der Waals surface area contributed by atoms with Crippen molar-refractivity contribution in [1.29, 1.82) is 0 Å². The molecule has 0 heterocycles. The lowest BCUT2D eigenvalue weighted by Crippen LogP contribution is -1.83. The zero-order chi connectivity index (χ0) is 14.7. The smallest absolute Gasteiger partial charge is 0.0353 e. The summed E-state index contributed by atoms with van der Waals surface area (Å²) in [6, 6.07) is 0. The van der Waals surface area contributed by atoms with Gasteiger partial charge in [-0.3, -0.25) is 0 Å². The maximum absolute atomic E-state index is 3.77. The van der Waals surface area contributed by atoms with E-state index in [4.69, 9.17) is 0 Å². The van der Waals surface area contributed by atoms with Crippen LogP contribution >= 0.6 is 0 Å². The van der Waals surface area contributed by atoms with Gasteiger partial charge in [-0.05, 0) is 12.8 Å². The van der Waals surface area contributed by atoms with Gasteiger partial charge in [0.1, 0.15) is 0 Å². The van der Waals surface area contributed by atoms with Crippen molar-refractivity contribution >= 4 is 0 Å². The van der Waals surface area contributed by atoms with Crippen LogP contribution in [0.4, 0.5) is 0 Å². The molecule has 0 aliphatic heterocycles. The van der Waals surface area contributed by atoms with Crippen LogP contribution in [0.15, 0.2) is 12.7 Å². The molecule has 0 aromatic heterocycles. The molecule has 0 bridgehead atoms. The molecule has 0 unspecified atom stereocenters. The Morgan fingerprint density at radius 2 is 0.810 bits per heavy atom. The molecule has 0 aliphatic rings. The molecule has 0 aromatic carbocycles. The zero-order valence-electron chi connectivity index (χ0n) is 14.3. The number of rotatable bonds is 17. The van der Waals surface area contributed by atoms with E-state index in [1.807, 2.05) is 6.08 Å². The van der Waals surface area contributed by atoms with Gasteiger partial charge in [0.2, 0.25) is 0 Å². The minimum atomic E-state index is 0. The molecule has 0 radical (unpaired) electrons. The second-order valence-corrected chi connectivity index (χ2v) is 6.38. The summed E-state index contributed by atoms with van der Waals surface area (Å²) in [6.45, 7) is 6.06. The van der Waals surface area contributed by atoms with Crippen LogP contribution in [-0.2, 0) is 0 Å². The van der Waals surface area contributed by atoms with Crippen molar-refractivity contribution in [2.45, 2.75) is 124 Å². The van der Waals surface area contributed by atoms with Gasteiger partial charge in [-0.1, -0.05) is 117 Å². The molecular weight excluding hydrogens is 252 g/mol. The molecule has 0 saturated carbocycles. The molecule has 0 spiro atoms. The number of allylic oxidation sites excluding steroid dienone is 1. The molecule has 0 N–H and O–H groups in total. The molecule has 0 rings (SSSR count). The zero-order valence-corrected chi connectivity index (χ0v) is 14.3. The van der Waals surface area contributed by atoms with Crippen LogP contribution in [0, 0.1) is 0 Å². The summed E-state index contributed by atoms with van der Waals surface area (Å²) < 4.78 is 0. The van der Waals surface area contributed by atoms with E-state index in [-0.39, 0.29) is 7.43 Å². The van der Waals surface area contributed by atoms with E-state index in [1.165, 1.54) is 109 Å². The maximum Gasteiger partial charge on any atom is -0.0353 e. The Hall–Kier alpha value is -0.260. The largest absolute Gasteiger partial charge is 0.103 e. The van der Waals surface area contributed by atoms with E-state index in [1.54, 1.807) is 0 Å². The molecule has 21 heavy (non-hydrogen) atoms. The Bertz CT molecular complexity index is 171. The SMILES string of the molecule is C.C=CCCCCCCCCCCCCCCCCCC. The summed E-state index contributed by atoms with van der Waals surface area (Å²) in [7, 11) is 0. The van der Waals surface area contributed by atoms with Crippen LogP contribution < -0.4 is 0 Å². The third-order valence-corrected chi connectivity index (χ3v) is 4.26.